The molecule has 2 aromatic rings. The van der Waals surface area contributed by atoms with Crippen LogP contribution in [0.25, 0.3) is 0 Å². The Labute approximate surface area is 152 Å². The average molecular weight is 367 g/mol. The molecular formula is C16H26N6S2. The maximum Gasteiger partial charge on any atom is 0.191 e. The van der Waals surface area contributed by atoms with Gasteiger partial charge in [0, 0.05) is 36.7 Å². The first-order valence-electron chi connectivity index (χ1n) is 8.23. The monoisotopic (exact) mass is 366 g/mol. The summed E-state index contributed by atoms with van der Waals surface area (Å²) in [6.45, 7) is 5.44. The summed E-state index contributed by atoms with van der Waals surface area (Å²) in [4.78, 5) is 6.02. The van der Waals surface area contributed by atoms with Crippen LogP contribution < -0.4 is 10.6 Å². The van der Waals surface area contributed by atoms with E-state index in [1.54, 1.807) is 17.7 Å². The summed E-state index contributed by atoms with van der Waals surface area (Å²) in [6, 6.07) is 4.26. The molecule has 2 N–H and O–H groups in total. The van der Waals surface area contributed by atoms with Crippen LogP contribution in [-0.4, -0.2) is 52.4 Å². The molecule has 8 heteroatoms. The summed E-state index contributed by atoms with van der Waals surface area (Å²) < 4.78 is 2.08. The largest absolute Gasteiger partial charge is 0.356 e. The molecule has 2 heterocycles. The minimum atomic E-state index is 0.801. The van der Waals surface area contributed by atoms with Crippen LogP contribution in [0.15, 0.2) is 28.8 Å². The molecule has 2 rings (SSSR count). The number of aryl methyl sites for hydroxylation is 1. The maximum absolute atomic E-state index is 4.63. The first-order valence-corrected chi connectivity index (χ1v) is 10.5. The standard InChI is InChI=1S/C16H26N6S2/c1-3-15-21-20-13-22(15)10-8-18-16(19-9-12-23-2)17-7-6-14-5-4-11-24-14/h4-5,11,13H,3,6-10,12H2,1-2H3,(H2,17,18,19). The van der Waals surface area contributed by atoms with Crippen LogP contribution in [-0.2, 0) is 19.4 Å². The number of nitrogens with one attached hydrogen (secondary N) is 2. The molecular weight excluding hydrogens is 340 g/mol. The summed E-state index contributed by atoms with van der Waals surface area (Å²) in [5.74, 6) is 2.93. The molecule has 0 saturated carbocycles. The van der Waals surface area contributed by atoms with Crippen molar-refractivity contribution in [2.75, 3.05) is 31.6 Å². The summed E-state index contributed by atoms with van der Waals surface area (Å²) in [5, 5.41) is 17.0. The van der Waals surface area contributed by atoms with Gasteiger partial charge in [0.15, 0.2) is 5.96 Å². The van der Waals surface area contributed by atoms with Crippen molar-refractivity contribution in [2.24, 2.45) is 4.99 Å². The minimum absolute atomic E-state index is 0.801. The lowest BCUT2D eigenvalue weighted by molar-refractivity contribution is 0.632. The van der Waals surface area contributed by atoms with Crippen LogP contribution in [0, 0.1) is 0 Å². The summed E-state index contributed by atoms with van der Waals surface area (Å²) in [5.41, 5.74) is 0. The fourth-order valence-corrected chi connectivity index (χ4v) is 3.20. The Bertz CT molecular complexity index is 593. The van der Waals surface area contributed by atoms with Crippen molar-refractivity contribution in [1.82, 2.24) is 25.4 Å². The first kappa shape index (κ1) is 18.8. The molecule has 0 aliphatic rings. The molecule has 0 radical (unpaired) electrons. The third-order valence-corrected chi connectivity index (χ3v) is 4.99. The smallest absolute Gasteiger partial charge is 0.191 e. The van der Waals surface area contributed by atoms with Gasteiger partial charge in [-0.3, -0.25) is 4.99 Å². The van der Waals surface area contributed by atoms with Gasteiger partial charge in [-0.15, -0.1) is 21.5 Å². The van der Waals surface area contributed by atoms with Gasteiger partial charge in [0.2, 0.25) is 0 Å². The van der Waals surface area contributed by atoms with Crippen molar-refractivity contribution in [3.05, 3.63) is 34.5 Å². The topological polar surface area (TPSA) is 67.1 Å². The zero-order valence-corrected chi connectivity index (χ0v) is 16.0. The highest BCUT2D eigenvalue weighted by Crippen LogP contribution is 2.07. The molecule has 6 nitrogen and oxygen atoms in total. The Hall–Kier alpha value is -1.54. The van der Waals surface area contributed by atoms with Gasteiger partial charge in [0.05, 0.1) is 6.54 Å². The van der Waals surface area contributed by atoms with E-state index in [0.717, 1.165) is 56.6 Å². The first-order chi connectivity index (χ1) is 11.8. The van der Waals surface area contributed by atoms with E-state index in [9.17, 15) is 0 Å². The number of thiophene rings is 1. The van der Waals surface area contributed by atoms with E-state index in [4.69, 9.17) is 0 Å². The highest BCUT2D eigenvalue weighted by atomic mass is 32.2. The Morgan fingerprint density at radius 3 is 3.00 bits per heavy atom. The van der Waals surface area contributed by atoms with Gasteiger partial charge in [-0.1, -0.05) is 13.0 Å². The van der Waals surface area contributed by atoms with Crippen LogP contribution in [0.2, 0.25) is 0 Å². The van der Waals surface area contributed by atoms with Crippen LogP contribution in [0.5, 0.6) is 0 Å². The number of hydrogen-bond acceptors (Lipinski definition) is 5. The van der Waals surface area contributed by atoms with Gasteiger partial charge in [0.25, 0.3) is 0 Å². The molecule has 2 aromatic heterocycles. The SMILES string of the molecule is CCc1nncn1CCNC(=NCCSC)NCCc1cccs1. The van der Waals surface area contributed by atoms with Crippen molar-refractivity contribution < 1.29 is 0 Å². The van der Waals surface area contributed by atoms with Gasteiger partial charge in [0.1, 0.15) is 12.2 Å². The molecule has 0 amide bonds. The summed E-state index contributed by atoms with van der Waals surface area (Å²) >= 11 is 3.61. The molecule has 0 saturated heterocycles. The van der Waals surface area contributed by atoms with E-state index in [0.29, 0.717) is 0 Å². The Kier molecular flexibility index (Phi) is 8.69. The third kappa shape index (κ3) is 6.52. The van der Waals surface area contributed by atoms with Crippen LogP contribution >= 0.6 is 23.1 Å². The normalized spacial score (nSPS) is 11.7. The van der Waals surface area contributed by atoms with Gasteiger partial charge in [-0.05, 0) is 24.1 Å². The molecule has 0 aromatic carbocycles. The van der Waals surface area contributed by atoms with Crippen molar-refractivity contribution in [3.63, 3.8) is 0 Å². The molecule has 0 aliphatic heterocycles. The van der Waals surface area contributed by atoms with Gasteiger partial charge in [-0.2, -0.15) is 11.8 Å². The number of nitrogens with zero attached hydrogens (tertiary/aromatic N) is 4. The van der Waals surface area contributed by atoms with Crippen molar-refractivity contribution in [1.29, 1.82) is 0 Å². The zero-order valence-electron chi connectivity index (χ0n) is 14.4. The molecule has 0 fully saturated rings. The van der Waals surface area contributed by atoms with E-state index >= 15 is 0 Å². The van der Waals surface area contributed by atoms with Crippen molar-refractivity contribution in [3.8, 4) is 0 Å². The maximum atomic E-state index is 4.63. The number of aliphatic imine (C=N–C) groups is 1. The quantitative estimate of drug-likeness (QED) is 0.383. The number of guanidine groups is 1. The van der Waals surface area contributed by atoms with Crippen LogP contribution in [0.1, 0.15) is 17.6 Å². The molecule has 24 heavy (non-hydrogen) atoms. The fourth-order valence-electron chi connectivity index (χ4n) is 2.22. The number of aromatic nitrogens is 3. The molecule has 0 aliphatic carbocycles. The second-order valence-corrected chi connectivity index (χ2v) is 7.22. The van der Waals surface area contributed by atoms with Gasteiger partial charge < -0.3 is 15.2 Å². The second kappa shape index (κ2) is 11.1. The minimum Gasteiger partial charge on any atom is -0.356 e. The lowest BCUT2D eigenvalue weighted by Crippen LogP contribution is -2.40. The van der Waals surface area contributed by atoms with Crippen molar-refractivity contribution in [2.45, 2.75) is 26.3 Å². The van der Waals surface area contributed by atoms with Gasteiger partial charge >= 0.3 is 0 Å². The van der Waals surface area contributed by atoms with E-state index in [2.05, 4.69) is 61.1 Å². The van der Waals surface area contributed by atoms with Crippen LogP contribution in [0.4, 0.5) is 0 Å². The van der Waals surface area contributed by atoms with Crippen molar-refractivity contribution >= 4 is 29.1 Å². The van der Waals surface area contributed by atoms with Gasteiger partial charge in [-0.25, -0.2) is 0 Å². The molecule has 0 bridgehead atoms. The van der Waals surface area contributed by atoms with E-state index in [-0.39, 0.29) is 0 Å². The fraction of sp³-hybridized carbons (Fsp3) is 0.562. The predicted molar refractivity (Wildman–Crippen MR) is 104 cm³/mol. The molecule has 132 valence electrons. The van der Waals surface area contributed by atoms with E-state index in [1.165, 1.54) is 4.88 Å². The highest BCUT2D eigenvalue weighted by molar-refractivity contribution is 7.98. The Morgan fingerprint density at radius 2 is 2.25 bits per heavy atom. The van der Waals surface area contributed by atoms with Crippen LogP contribution in [0.3, 0.4) is 0 Å². The number of hydrogen-bond donors (Lipinski definition) is 2. The summed E-state index contributed by atoms with van der Waals surface area (Å²) in [6.07, 6.45) is 5.81. The Balaban J connectivity index is 1.78. The predicted octanol–water partition coefficient (Wildman–Crippen LogP) is 2.04. The summed E-state index contributed by atoms with van der Waals surface area (Å²) in [7, 11) is 0. The molecule has 0 unspecified atom stereocenters. The molecule has 0 spiro atoms. The Morgan fingerprint density at radius 1 is 1.38 bits per heavy atom. The lowest BCUT2D eigenvalue weighted by atomic mass is 10.3. The number of rotatable bonds is 10. The number of thioether (sulfide) groups is 1. The molecule has 0 atom stereocenters. The lowest BCUT2D eigenvalue weighted by Gasteiger charge is -2.13. The van der Waals surface area contributed by atoms with E-state index in [1.807, 2.05) is 11.8 Å². The zero-order chi connectivity index (χ0) is 17.0. The highest BCUT2D eigenvalue weighted by Gasteiger charge is 2.03. The third-order valence-electron chi connectivity index (χ3n) is 3.47. The van der Waals surface area contributed by atoms with E-state index < -0.39 is 0 Å². The second-order valence-electron chi connectivity index (χ2n) is 5.20. The average Bonchev–Trinajstić information content (AvgIpc) is 3.26.